The van der Waals surface area contributed by atoms with Crippen molar-refractivity contribution in [1.29, 1.82) is 0 Å². The predicted octanol–water partition coefficient (Wildman–Crippen LogP) is 1.75. The number of alkyl halides is 1. The summed E-state index contributed by atoms with van der Waals surface area (Å²) in [5.41, 5.74) is 0.834. The number of nitrogens with zero attached hydrogens (tertiary/aromatic N) is 4. The van der Waals surface area contributed by atoms with Crippen LogP contribution >= 0.6 is 11.6 Å². The molecule has 1 aliphatic heterocycles. The average molecular weight is 255 g/mol. The van der Waals surface area contributed by atoms with E-state index in [2.05, 4.69) is 33.9 Å². The molecule has 0 aromatic carbocycles. The van der Waals surface area contributed by atoms with Gasteiger partial charge in [-0.2, -0.15) is 0 Å². The molecule has 0 aliphatic carbocycles. The zero-order valence-electron chi connectivity index (χ0n) is 10.4. The summed E-state index contributed by atoms with van der Waals surface area (Å²) in [6, 6.07) is 0.522. The van der Waals surface area contributed by atoms with Crippen LogP contribution in [0.4, 0.5) is 5.82 Å². The molecule has 0 amide bonds. The number of rotatable bonds is 3. The number of piperidine rings is 1. The van der Waals surface area contributed by atoms with Gasteiger partial charge in [0.2, 0.25) is 0 Å². The maximum atomic E-state index is 5.78. The van der Waals surface area contributed by atoms with Gasteiger partial charge in [-0.05, 0) is 26.4 Å². The number of halogens is 1. The van der Waals surface area contributed by atoms with Crippen molar-refractivity contribution >= 4 is 17.4 Å². The number of likely N-dealkylation sites (N-methyl/N-ethyl adjacent to an activating group) is 2. The summed E-state index contributed by atoms with van der Waals surface area (Å²) in [6.45, 7) is 2.28. The quantitative estimate of drug-likeness (QED) is 0.770. The van der Waals surface area contributed by atoms with Crippen molar-refractivity contribution < 1.29 is 0 Å². The van der Waals surface area contributed by atoms with Crippen molar-refractivity contribution in [2.75, 3.05) is 32.1 Å². The van der Waals surface area contributed by atoms with Crippen molar-refractivity contribution in [1.82, 2.24) is 14.9 Å². The van der Waals surface area contributed by atoms with E-state index in [0.717, 1.165) is 18.1 Å². The molecule has 2 rings (SSSR count). The van der Waals surface area contributed by atoms with Crippen LogP contribution < -0.4 is 4.90 Å². The molecule has 0 N–H and O–H groups in total. The first-order valence-electron chi connectivity index (χ1n) is 5.99. The molecule has 1 aromatic heterocycles. The van der Waals surface area contributed by atoms with E-state index in [-0.39, 0.29) is 0 Å². The largest absolute Gasteiger partial charge is 0.354 e. The van der Waals surface area contributed by atoms with E-state index in [1.54, 1.807) is 6.20 Å². The van der Waals surface area contributed by atoms with Crippen LogP contribution in [0, 0.1) is 0 Å². The first-order chi connectivity index (χ1) is 8.20. The molecule has 1 saturated heterocycles. The SMILES string of the molecule is CN1CCCC(N(C)c2cncc(CCl)n2)C1. The second-order valence-electron chi connectivity index (χ2n) is 4.67. The summed E-state index contributed by atoms with van der Waals surface area (Å²) in [5, 5.41) is 0. The zero-order valence-corrected chi connectivity index (χ0v) is 11.2. The summed E-state index contributed by atoms with van der Waals surface area (Å²) < 4.78 is 0. The summed E-state index contributed by atoms with van der Waals surface area (Å²) in [6.07, 6.45) is 5.99. The highest BCUT2D eigenvalue weighted by atomic mass is 35.5. The Morgan fingerprint density at radius 3 is 3.06 bits per heavy atom. The van der Waals surface area contributed by atoms with E-state index in [1.807, 2.05) is 6.20 Å². The molecule has 1 fully saturated rings. The van der Waals surface area contributed by atoms with Gasteiger partial charge >= 0.3 is 0 Å². The number of likely N-dealkylation sites (tertiary alicyclic amines) is 1. The van der Waals surface area contributed by atoms with Gasteiger partial charge < -0.3 is 9.80 Å². The van der Waals surface area contributed by atoms with Crippen molar-refractivity contribution in [3.05, 3.63) is 18.1 Å². The molecule has 0 radical (unpaired) electrons. The molecule has 0 spiro atoms. The molecular weight excluding hydrogens is 236 g/mol. The van der Waals surface area contributed by atoms with Crippen LogP contribution in [0.2, 0.25) is 0 Å². The van der Waals surface area contributed by atoms with E-state index < -0.39 is 0 Å². The van der Waals surface area contributed by atoms with Gasteiger partial charge in [0, 0.05) is 25.8 Å². The molecule has 1 atom stereocenters. The first-order valence-corrected chi connectivity index (χ1v) is 6.52. The minimum absolute atomic E-state index is 0.416. The van der Waals surface area contributed by atoms with Crippen molar-refractivity contribution in [3.63, 3.8) is 0 Å². The van der Waals surface area contributed by atoms with Gasteiger partial charge in [-0.3, -0.25) is 4.98 Å². The number of hydrogen-bond acceptors (Lipinski definition) is 4. The lowest BCUT2D eigenvalue weighted by molar-refractivity contribution is 0.247. The second kappa shape index (κ2) is 5.65. The monoisotopic (exact) mass is 254 g/mol. The molecule has 5 heteroatoms. The molecule has 0 saturated carbocycles. The summed E-state index contributed by atoms with van der Waals surface area (Å²) >= 11 is 5.78. The standard InChI is InChI=1S/C12H19ClN4/c1-16-5-3-4-11(9-16)17(2)12-8-14-7-10(6-13)15-12/h7-8,11H,3-6,9H2,1-2H3. The molecule has 2 heterocycles. The van der Waals surface area contributed by atoms with Crippen LogP contribution in [0.5, 0.6) is 0 Å². The Kier molecular flexibility index (Phi) is 4.18. The predicted molar refractivity (Wildman–Crippen MR) is 70.5 cm³/mol. The number of aromatic nitrogens is 2. The van der Waals surface area contributed by atoms with Gasteiger partial charge in [-0.1, -0.05) is 0 Å². The van der Waals surface area contributed by atoms with Crippen LogP contribution in [0.15, 0.2) is 12.4 Å². The van der Waals surface area contributed by atoms with Crippen molar-refractivity contribution in [2.45, 2.75) is 24.8 Å². The fourth-order valence-corrected chi connectivity index (χ4v) is 2.40. The van der Waals surface area contributed by atoms with Crippen LogP contribution in [0.25, 0.3) is 0 Å². The van der Waals surface area contributed by atoms with Gasteiger partial charge in [0.25, 0.3) is 0 Å². The maximum absolute atomic E-state index is 5.78. The third-order valence-electron chi connectivity index (χ3n) is 3.32. The molecule has 4 nitrogen and oxygen atoms in total. The smallest absolute Gasteiger partial charge is 0.147 e. The van der Waals surface area contributed by atoms with Crippen LogP contribution in [0.1, 0.15) is 18.5 Å². The van der Waals surface area contributed by atoms with E-state index in [9.17, 15) is 0 Å². The van der Waals surface area contributed by atoms with Gasteiger partial charge in [0.15, 0.2) is 0 Å². The highest BCUT2D eigenvalue weighted by Crippen LogP contribution is 2.19. The number of anilines is 1. The summed E-state index contributed by atoms with van der Waals surface area (Å²) in [5.74, 6) is 1.34. The lowest BCUT2D eigenvalue weighted by Gasteiger charge is -2.36. The Hall–Kier alpha value is -0.870. The van der Waals surface area contributed by atoms with Gasteiger partial charge in [0.05, 0.1) is 17.8 Å². The van der Waals surface area contributed by atoms with E-state index in [1.165, 1.54) is 19.4 Å². The fraction of sp³-hybridized carbons (Fsp3) is 0.667. The Bertz CT molecular complexity index is 371. The molecule has 94 valence electrons. The minimum Gasteiger partial charge on any atom is -0.354 e. The molecule has 1 aromatic rings. The van der Waals surface area contributed by atoms with Crippen molar-refractivity contribution in [2.24, 2.45) is 0 Å². The Labute approximate surface area is 108 Å². The molecule has 1 aliphatic rings. The molecular formula is C12H19ClN4. The van der Waals surface area contributed by atoms with Crippen LogP contribution in [-0.2, 0) is 5.88 Å². The normalized spacial score (nSPS) is 21.5. The Morgan fingerprint density at radius 1 is 1.53 bits per heavy atom. The molecule has 17 heavy (non-hydrogen) atoms. The van der Waals surface area contributed by atoms with Gasteiger partial charge in [-0.25, -0.2) is 4.98 Å². The van der Waals surface area contributed by atoms with Crippen LogP contribution in [0.3, 0.4) is 0 Å². The molecule has 0 bridgehead atoms. The van der Waals surface area contributed by atoms with Gasteiger partial charge in [-0.15, -0.1) is 11.6 Å². The lowest BCUT2D eigenvalue weighted by atomic mass is 10.1. The topological polar surface area (TPSA) is 32.3 Å². The van der Waals surface area contributed by atoms with E-state index in [0.29, 0.717) is 11.9 Å². The first kappa shape index (κ1) is 12.6. The minimum atomic E-state index is 0.416. The lowest BCUT2D eigenvalue weighted by Crippen LogP contribution is -2.45. The Morgan fingerprint density at radius 2 is 2.35 bits per heavy atom. The third-order valence-corrected chi connectivity index (χ3v) is 3.59. The van der Waals surface area contributed by atoms with Crippen molar-refractivity contribution in [3.8, 4) is 0 Å². The number of hydrogen-bond donors (Lipinski definition) is 0. The third kappa shape index (κ3) is 3.07. The fourth-order valence-electron chi connectivity index (χ4n) is 2.27. The highest BCUT2D eigenvalue weighted by molar-refractivity contribution is 6.16. The molecule has 1 unspecified atom stereocenters. The van der Waals surface area contributed by atoms with Gasteiger partial charge in [0.1, 0.15) is 5.82 Å². The Balaban J connectivity index is 2.09. The zero-order chi connectivity index (χ0) is 12.3. The second-order valence-corrected chi connectivity index (χ2v) is 4.94. The van der Waals surface area contributed by atoms with Crippen LogP contribution in [-0.4, -0.2) is 48.1 Å². The van der Waals surface area contributed by atoms with E-state index >= 15 is 0 Å². The highest BCUT2D eigenvalue weighted by Gasteiger charge is 2.22. The average Bonchev–Trinajstić information content (AvgIpc) is 2.38. The maximum Gasteiger partial charge on any atom is 0.147 e. The van der Waals surface area contributed by atoms with E-state index in [4.69, 9.17) is 11.6 Å². The summed E-state index contributed by atoms with van der Waals surface area (Å²) in [4.78, 5) is 13.3. The summed E-state index contributed by atoms with van der Waals surface area (Å²) in [7, 11) is 4.26.